The van der Waals surface area contributed by atoms with Gasteiger partial charge in [0.15, 0.2) is 0 Å². The number of unbranched alkanes of at least 4 members (excludes halogenated alkanes) is 2. The summed E-state index contributed by atoms with van der Waals surface area (Å²) in [6.07, 6.45) is 4.02. The van der Waals surface area contributed by atoms with E-state index in [1.807, 2.05) is 26.8 Å². The zero-order chi connectivity index (χ0) is 23.1. The molecular formula is C27H37N3O2. The van der Waals surface area contributed by atoms with Gasteiger partial charge in [-0.2, -0.15) is 0 Å². The van der Waals surface area contributed by atoms with Crippen molar-refractivity contribution < 1.29 is 9.53 Å². The third-order valence-electron chi connectivity index (χ3n) is 5.75. The van der Waals surface area contributed by atoms with Crippen molar-refractivity contribution in [3.8, 4) is 5.75 Å². The van der Waals surface area contributed by atoms with Crippen molar-refractivity contribution in [3.05, 3.63) is 59.4 Å². The van der Waals surface area contributed by atoms with E-state index >= 15 is 0 Å². The molecule has 0 atom stereocenters. The van der Waals surface area contributed by atoms with Gasteiger partial charge in [-0.3, -0.25) is 4.79 Å². The standard InChI is InChI=1S/C27H37N3O2/c1-20-12-11-13-21(2)25(20)32-19-18-30-23-15-9-8-14-22(23)29-24(30)16-7-6-10-17-28-26(31)27(3,4)5/h8-9,11-15H,6-7,10,16-19H2,1-5H3,(H,28,31). The summed E-state index contributed by atoms with van der Waals surface area (Å²) < 4.78 is 8.46. The third kappa shape index (κ3) is 6.12. The maximum atomic E-state index is 12.0. The molecule has 0 bridgehead atoms. The average molecular weight is 436 g/mol. The Morgan fingerprint density at radius 3 is 2.44 bits per heavy atom. The molecule has 0 saturated heterocycles. The van der Waals surface area contributed by atoms with Gasteiger partial charge in [0.2, 0.25) is 5.91 Å². The fraction of sp³-hybridized carbons (Fsp3) is 0.481. The smallest absolute Gasteiger partial charge is 0.225 e. The molecule has 2 aromatic carbocycles. The number of imidazole rings is 1. The number of fused-ring (bicyclic) bond motifs is 1. The molecule has 1 amide bonds. The Bertz CT molecular complexity index is 1030. The minimum Gasteiger partial charge on any atom is -0.491 e. The van der Waals surface area contributed by atoms with E-state index in [1.165, 1.54) is 11.1 Å². The minimum atomic E-state index is -0.330. The molecule has 3 aromatic rings. The van der Waals surface area contributed by atoms with Crippen molar-refractivity contribution in [2.75, 3.05) is 13.2 Å². The number of nitrogens with one attached hydrogen (secondary N) is 1. The minimum absolute atomic E-state index is 0.114. The molecule has 1 heterocycles. The second-order valence-electron chi connectivity index (χ2n) is 9.55. The first kappa shape index (κ1) is 23.8. The van der Waals surface area contributed by atoms with E-state index in [9.17, 15) is 4.79 Å². The van der Waals surface area contributed by atoms with E-state index in [2.05, 4.69) is 60.1 Å². The van der Waals surface area contributed by atoms with Crippen LogP contribution in [0.15, 0.2) is 42.5 Å². The van der Waals surface area contributed by atoms with Crippen LogP contribution in [-0.4, -0.2) is 28.6 Å². The van der Waals surface area contributed by atoms with Crippen LogP contribution in [0.5, 0.6) is 5.75 Å². The second-order valence-corrected chi connectivity index (χ2v) is 9.55. The van der Waals surface area contributed by atoms with Crippen LogP contribution < -0.4 is 10.1 Å². The van der Waals surface area contributed by atoms with Crippen molar-refractivity contribution in [2.24, 2.45) is 5.41 Å². The van der Waals surface area contributed by atoms with E-state index in [0.29, 0.717) is 6.61 Å². The Morgan fingerprint density at radius 1 is 1.00 bits per heavy atom. The first-order valence-corrected chi connectivity index (χ1v) is 11.7. The number of carbonyl (C=O) groups is 1. The van der Waals surface area contributed by atoms with Crippen LogP contribution in [0, 0.1) is 19.3 Å². The van der Waals surface area contributed by atoms with Gasteiger partial charge in [-0.05, 0) is 49.9 Å². The number of benzene rings is 2. The van der Waals surface area contributed by atoms with Gasteiger partial charge < -0.3 is 14.6 Å². The van der Waals surface area contributed by atoms with Crippen molar-refractivity contribution in [1.82, 2.24) is 14.9 Å². The van der Waals surface area contributed by atoms with E-state index < -0.39 is 0 Å². The molecule has 1 N–H and O–H groups in total. The molecule has 0 radical (unpaired) electrons. The molecule has 3 rings (SSSR count). The largest absolute Gasteiger partial charge is 0.491 e. The molecule has 5 heteroatoms. The summed E-state index contributed by atoms with van der Waals surface area (Å²) in [7, 11) is 0. The molecule has 0 spiro atoms. The molecular weight excluding hydrogens is 398 g/mol. The lowest BCUT2D eigenvalue weighted by Gasteiger charge is -2.17. The van der Waals surface area contributed by atoms with Crippen molar-refractivity contribution >= 4 is 16.9 Å². The van der Waals surface area contributed by atoms with Gasteiger partial charge in [0.05, 0.1) is 17.6 Å². The molecule has 32 heavy (non-hydrogen) atoms. The number of carbonyl (C=O) groups excluding carboxylic acids is 1. The van der Waals surface area contributed by atoms with Gasteiger partial charge in [-0.1, -0.05) is 57.5 Å². The zero-order valence-electron chi connectivity index (χ0n) is 20.2. The quantitative estimate of drug-likeness (QED) is 0.421. The summed E-state index contributed by atoms with van der Waals surface area (Å²) in [5, 5.41) is 3.03. The van der Waals surface area contributed by atoms with E-state index in [0.717, 1.165) is 61.4 Å². The number of amides is 1. The molecule has 0 fully saturated rings. The highest BCUT2D eigenvalue weighted by Gasteiger charge is 2.20. The molecule has 0 saturated carbocycles. The Morgan fingerprint density at radius 2 is 1.72 bits per heavy atom. The lowest BCUT2D eigenvalue weighted by molar-refractivity contribution is -0.128. The molecule has 0 aliphatic carbocycles. The predicted octanol–water partition coefficient (Wildman–Crippen LogP) is 5.61. The fourth-order valence-electron chi connectivity index (χ4n) is 3.88. The SMILES string of the molecule is Cc1cccc(C)c1OCCn1c(CCCCCNC(=O)C(C)(C)C)nc2ccccc21. The number of rotatable bonds is 10. The highest BCUT2D eigenvalue weighted by Crippen LogP contribution is 2.23. The van der Waals surface area contributed by atoms with Gasteiger partial charge in [-0.15, -0.1) is 0 Å². The van der Waals surface area contributed by atoms with Crippen molar-refractivity contribution in [2.45, 2.75) is 66.8 Å². The summed E-state index contributed by atoms with van der Waals surface area (Å²) in [5.41, 5.74) is 4.19. The van der Waals surface area contributed by atoms with Crippen LogP contribution in [0.2, 0.25) is 0 Å². The molecule has 172 valence electrons. The lowest BCUT2D eigenvalue weighted by Crippen LogP contribution is -2.35. The van der Waals surface area contributed by atoms with Crippen LogP contribution in [0.1, 0.15) is 57.0 Å². The molecule has 0 aliphatic heterocycles. The van der Waals surface area contributed by atoms with Crippen LogP contribution in [0.3, 0.4) is 0 Å². The number of hydrogen-bond donors (Lipinski definition) is 1. The van der Waals surface area contributed by atoms with E-state index in [1.54, 1.807) is 0 Å². The Balaban J connectivity index is 1.56. The monoisotopic (exact) mass is 435 g/mol. The van der Waals surface area contributed by atoms with Crippen LogP contribution in [-0.2, 0) is 17.8 Å². The van der Waals surface area contributed by atoms with Gasteiger partial charge >= 0.3 is 0 Å². The number of aromatic nitrogens is 2. The molecule has 0 unspecified atom stereocenters. The Hall–Kier alpha value is -2.82. The Kier molecular flexibility index (Phi) is 7.94. The first-order chi connectivity index (χ1) is 15.3. The fourth-order valence-corrected chi connectivity index (χ4v) is 3.88. The Labute approximate surface area is 192 Å². The predicted molar refractivity (Wildman–Crippen MR) is 131 cm³/mol. The number of ether oxygens (including phenoxy) is 1. The normalized spacial score (nSPS) is 11.7. The summed E-state index contributed by atoms with van der Waals surface area (Å²) >= 11 is 0. The first-order valence-electron chi connectivity index (χ1n) is 11.7. The van der Waals surface area contributed by atoms with Gasteiger partial charge in [0.1, 0.15) is 18.2 Å². The number of para-hydroxylation sites is 3. The van der Waals surface area contributed by atoms with Crippen LogP contribution >= 0.6 is 0 Å². The topological polar surface area (TPSA) is 56.1 Å². The summed E-state index contributed by atoms with van der Waals surface area (Å²) in [4.78, 5) is 16.9. The molecule has 0 aliphatic rings. The van der Waals surface area contributed by atoms with Crippen LogP contribution in [0.4, 0.5) is 0 Å². The zero-order valence-corrected chi connectivity index (χ0v) is 20.2. The number of hydrogen-bond acceptors (Lipinski definition) is 3. The maximum Gasteiger partial charge on any atom is 0.225 e. The van der Waals surface area contributed by atoms with Crippen molar-refractivity contribution in [1.29, 1.82) is 0 Å². The maximum absolute atomic E-state index is 12.0. The third-order valence-corrected chi connectivity index (χ3v) is 5.75. The number of nitrogens with zero attached hydrogens (tertiary/aromatic N) is 2. The van der Waals surface area contributed by atoms with E-state index in [-0.39, 0.29) is 11.3 Å². The summed E-state index contributed by atoms with van der Waals surface area (Å²) in [6, 6.07) is 14.5. The highest BCUT2D eigenvalue weighted by atomic mass is 16.5. The van der Waals surface area contributed by atoms with Gasteiger partial charge in [0, 0.05) is 18.4 Å². The summed E-state index contributed by atoms with van der Waals surface area (Å²) in [5.74, 6) is 2.20. The lowest BCUT2D eigenvalue weighted by atomic mass is 9.96. The second kappa shape index (κ2) is 10.7. The van der Waals surface area contributed by atoms with Crippen molar-refractivity contribution in [3.63, 3.8) is 0 Å². The molecule has 5 nitrogen and oxygen atoms in total. The number of aryl methyl sites for hydroxylation is 3. The van der Waals surface area contributed by atoms with Gasteiger partial charge in [0.25, 0.3) is 0 Å². The molecule has 1 aromatic heterocycles. The summed E-state index contributed by atoms with van der Waals surface area (Å²) in [6.45, 7) is 12.1. The highest BCUT2D eigenvalue weighted by molar-refractivity contribution is 5.81. The van der Waals surface area contributed by atoms with Crippen LogP contribution in [0.25, 0.3) is 11.0 Å². The average Bonchev–Trinajstić information content (AvgIpc) is 3.09. The van der Waals surface area contributed by atoms with E-state index in [4.69, 9.17) is 9.72 Å². The van der Waals surface area contributed by atoms with Gasteiger partial charge in [-0.25, -0.2) is 4.98 Å².